The van der Waals surface area contributed by atoms with Crippen LogP contribution in [0.25, 0.3) is 0 Å². The fraction of sp³-hybridized carbons (Fsp3) is 0.200. The smallest absolute Gasteiger partial charge is 0.142 e. The van der Waals surface area contributed by atoms with Crippen molar-refractivity contribution in [1.29, 1.82) is 0 Å². The Morgan fingerprint density at radius 1 is 1.25 bits per heavy atom. The Kier molecular flexibility index (Phi) is 5.02. The molecule has 0 heterocycles. The zero-order valence-corrected chi connectivity index (χ0v) is 13.4. The molecule has 0 bridgehead atoms. The second kappa shape index (κ2) is 6.57. The highest BCUT2D eigenvalue weighted by Gasteiger charge is 2.20. The number of nitrogens with one attached hydrogen (secondary N) is 1. The lowest BCUT2D eigenvalue weighted by Crippen LogP contribution is -2.19. The molecule has 2 aromatic carbocycles. The third-order valence-corrected chi connectivity index (χ3v) is 3.98. The molecule has 1 N–H and O–H groups in total. The van der Waals surface area contributed by atoms with E-state index >= 15 is 0 Å². The minimum absolute atomic E-state index is 0.119. The third kappa shape index (κ3) is 2.97. The molecule has 2 rings (SSSR count). The molecule has 5 heteroatoms. The molecule has 0 fully saturated rings. The van der Waals surface area contributed by atoms with Crippen LogP contribution in [0.1, 0.15) is 17.2 Å². The summed E-state index contributed by atoms with van der Waals surface area (Å²) in [5.41, 5.74) is 1.56. The lowest BCUT2D eigenvalue weighted by molar-refractivity contribution is 0.405. The van der Waals surface area contributed by atoms with Gasteiger partial charge in [-0.3, -0.25) is 0 Å². The van der Waals surface area contributed by atoms with Crippen molar-refractivity contribution >= 4 is 27.5 Å². The van der Waals surface area contributed by atoms with Crippen LogP contribution in [-0.2, 0) is 0 Å². The molecule has 0 radical (unpaired) electrons. The summed E-state index contributed by atoms with van der Waals surface area (Å²) in [5.74, 6) is 0.284. The molecule has 0 spiro atoms. The maximum atomic E-state index is 13.7. The van der Waals surface area contributed by atoms with Crippen LogP contribution in [0.2, 0.25) is 5.02 Å². The van der Waals surface area contributed by atoms with E-state index in [2.05, 4.69) is 21.2 Å². The van der Waals surface area contributed by atoms with E-state index in [9.17, 15) is 4.39 Å². The van der Waals surface area contributed by atoms with Gasteiger partial charge in [0.25, 0.3) is 0 Å². The van der Waals surface area contributed by atoms with Crippen LogP contribution >= 0.6 is 27.5 Å². The number of rotatable bonds is 4. The quantitative estimate of drug-likeness (QED) is 0.865. The zero-order valence-electron chi connectivity index (χ0n) is 11.1. The van der Waals surface area contributed by atoms with E-state index in [4.69, 9.17) is 16.3 Å². The summed E-state index contributed by atoms with van der Waals surface area (Å²) in [7, 11) is 3.40. The van der Waals surface area contributed by atoms with Gasteiger partial charge in [0.1, 0.15) is 11.6 Å². The zero-order chi connectivity index (χ0) is 14.7. The van der Waals surface area contributed by atoms with Crippen molar-refractivity contribution in [3.63, 3.8) is 0 Å². The van der Waals surface area contributed by atoms with Crippen molar-refractivity contribution in [2.45, 2.75) is 6.04 Å². The molecule has 0 amide bonds. The van der Waals surface area contributed by atoms with Crippen molar-refractivity contribution in [2.24, 2.45) is 0 Å². The molecule has 0 aliphatic carbocycles. The minimum atomic E-state index is -0.432. The van der Waals surface area contributed by atoms with Gasteiger partial charge in [-0.2, -0.15) is 0 Å². The van der Waals surface area contributed by atoms with Gasteiger partial charge >= 0.3 is 0 Å². The predicted octanol–water partition coefficient (Wildman–Crippen LogP) is 4.56. The molecule has 106 valence electrons. The Morgan fingerprint density at radius 3 is 2.65 bits per heavy atom. The van der Waals surface area contributed by atoms with Crippen molar-refractivity contribution in [2.75, 3.05) is 14.2 Å². The molecule has 1 unspecified atom stereocenters. The van der Waals surface area contributed by atoms with Gasteiger partial charge in [-0.15, -0.1) is 0 Å². The van der Waals surface area contributed by atoms with Gasteiger partial charge < -0.3 is 10.1 Å². The van der Waals surface area contributed by atoms with Gasteiger partial charge in [-0.1, -0.05) is 39.7 Å². The van der Waals surface area contributed by atoms with Gasteiger partial charge in [-0.25, -0.2) is 4.39 Å². The summed E-state index contributed by atoms with van der Waals surface area (Å²) in [6.45, 7) is 0. The molecule has 1 atom stereocenters. The molecule has 2 aromatic rings. The average molecular weight is 359 g/mol. The maximum Gasteiger partial charge on any atom is 0.142 e. The molecule has 0 saturated carbocycles. The minimum Gasteiger partial charge on any atom is -0.496 e. The third-order valence-electron chi connectivity index (χ3n) is 3.08. The van der Waals surface area contributed by atoms with Crippen molar-refractivity contribution in [3.05, 3.63) is 62.8 Å². The second-order valence-corrected chi connectivity index (χ2v) is 5.54. The Balaban J connectivity index is 2.58. The summed E-state index contributed by atoms with van der Waals surface area (Å²) >= 11 is 9.52. The van der Waals surface area contributed by atoms with Gasteiger partial charge in [0.15, 0.2) is 0 Å². The van der Waals surface area contributed by atoms with Gasteiger partial charge in [-0.05, 0) is 36.9 Å². The number of ether oxygens (including phenoxy) is 1. The fourth-order valence-electron chi connectivity index (χ4n) is 2.15. The summed E-state index contributed by atoms with van der Waals surface area (Å²) < 4.78 is 19.9. The first kappa shape index (κ1) is 15.3. The predicted molar refractivity (Wildman–Crippen MR) is 83.0 cm³/mol. The first-order valence-electron chi connectivity index (χ1n) is 6.03. The van der Waals surface area contributed by atoms with Crippen LogP contribution in [0.5, 0.6) is 5.75 Å². The van der Waals surface area contributed by atoms with Crippen LogP contribution in [0.15, 0.2) is 40.9 Å². The van der Waals surface area contributed by atoms with E-state index in [1.54, 1.807) is 26.3 Å². The molecule has 0 saturated heterocycles. The summed E-state index contributed by atoms with van der Waals surface area (Å²) in [6.07, 6.45) is 0. The van der Waals surface area contributed by atoms with Crippen LogP contribution in [0.4, 0.5) is 4.39 Å². The Labute approximate surface area is 131 Å². The SMILES string of the molecule is CNC(c1cc(Br)ccc1OC)c1cccc(F)c1Cl. The second-order valence-electron chi connectivity index (χ2n) is 4.25. The van der Waals surface area contributed by atoms with Crippen molar-refractivity contribution < 1.29 is 9.13 Å². The summed E-state index contributed by atoms with van der Waals surface area (Å²) in [6, 6.07) is 10.2. The molecule has 2 nitrogen and oxygen atoms in total. The summed E-state index contributed by atoms with van der Waals surface area (Å²) in [4.78, 5) is 0. The normalized spacial score (nSPS) is 12.2. The molecular weight excluding hydrogens is 345 g/mol. The number of halogens is 3. The molecule has 0 aliphatic rings. The van der Waals surface area contributed by atoms with E-state index in [1.165, 1.54) is 6.07 Å². The lowest BCUT2D eigenvalue weighted by Gasteiger charge is -2.21. The fourth-order valence-corrected chi connectivity index (χ4v) is 2.77. The Hall–Kier alpha value is -1.10. The van der Waals surface area contributed by atoms with Gasteiger partial charge in [0, 0.05) is 10.0 Å². The van der Waals surface area contributed by atoms with Gasteiger partial charge in [0.2, 0.25) is 0 Å². The highest BCUT2D eigenvalue weighted by Crippen LogP contribution is 2.35. The van der Waals surface area contributed by atoms with Crippen molar-refractivity contribution in [3.8, 4) is 5.75 Å². The first-order chi connectivity index (χ1) is 9.58. The van der Waals surface area contributed by atoms with Crippen LogP contribution in [-0.4, -0.2) is 14.2 Å². The molecular formula is C15H14BrClFNO. The largest absolute Gasteiger partial charge is 0.496 e. The molecule has 0 aromatic heterocycles. The van der Waals surface area contributed by atoms with Crippen molar-refractivity contribution in [1.82, 2.24) is 5.32 Å². The highest BCUT2D eigenvalue weighted by molar-refractivity contribution is 9.10. The van der Waals surface area contributed by atoms with E-state index in [1.807, 2.05) is 18.2 Å². The molecule has 0 aliphatic heterocycles. The maximum absolute atomic E-state index is 13.7. The standard InChI is InChI=1S/C15H14BrClFNO/c1-19-15(10-4-3-5-12(18)14(10)17)11-8-9(16)6-7-13(11)20-2/h3-8,15,19H,1-2H3. The van der Waals surface area contributed by atoms with Crippen LogP contribution < -0.4 is 10.1 Å². The number of hydrogen-bond acceptors (Lipinski definition) is 2. The van der Waals surface area contributed by atoms with E-state index < -0.39 is 5.82 Å². The van der Waals surface area contributed by atoms with Crippen LogP contribution in [0.3, 0.4) is 0 Å². The highest BCUT2D eigenvalue weighted by atomic mass is 79.9. The van der Waals surface area contributed by atoms with E-state index in [0.717, 1.165) is 10.0 Å². The van der Waals surface area contributed by atoms with E-state index in [0.29, 0.717) is 11.3 Å². The topological polar surface area (TPSA) is 21.3 Å². The summed E-state index contributed by atoms with van der Waals surface area (Å²) in [5, 5.41) is 3.27. The first-order valence-corrected chi connectivity index (χ1v) is 7.20. The number of benzene rings is 2. The van der Waals surface area contributed by atoms with E-state index in [-0.39, 0.29) is 11.1 Å². The lowest BCUT2D eigenvalue weighted by atomic mass is 9.97. The monoisotopic (exact) mass is 357 g/mol. The number of hydrogen-bond donors (Lipinski definition) is 1. The Morgan fingerprint density at radius 2 is 2.00 bits per heavy atom. The van der Waals surface area contributed by atoms with Crippen LogP contribution in [0, 0.1) is 5.82 Å². The molecule has 20 heavy (non-hydrogen) atoms. The Bertz CT molecular complexity index is 621. The van der Waals surface area contributed by atoms with Gasteiger partial charge in [0.05, 0.1) is 18.2 Å². The average Bonchev–Trinajstić information content (AvgIpc) is 2.44. The number of methoxy groups -OCH3 is 1.